The Labute approximate surface area is 160 Å². The number of hydrogen-bond donors (Lipinski definition) is 1. The molecule has 0 fully saturated rings. The molecule has 7 heteroatoms. The van der Waals surface area contributed by atoms with E-state index in [-0.39, 0.29) is 0 Å². The number of nitrogens with zero attached hydrogens (tertiary/aromatic N) is 2. The predicted octanol–water partition coefficient (Wildman–Crippen LogP) is 3.41. The molecular formula is C20H25N3O4. The van der Waals surface area contributed by atoms with Gasteiger partial charge in [0.1, 0.15) is 6.07 Å². The minimum absolute atomic E-state index is 0.533. The Morgan fingerprint density at radius 1 is 0.963 bits per heavy atom. The van der Waals surface area contributed by atoms with E-state index in [4.69, 9.17) is 18.9 Å². The summed E-state index contributed by atoms with van der Waals surface area (Å²) in [5.74, 6) is 1.65. The first-order valence-electron chi connectivity index (χ1n) is 8.39. The zero-order valence-electron chi connectivity index (χ0n) is 16.3. The van der Waals surface area contributed by atoms with Crippen LogP contribution in [0.1, 0.15) is 5.56 Å². The molecule has 0 atom stereocenters. The summed E-state index contributed by atoms with van der Waals surface area (Å²) in [7, 11) is 8.30. The number of likely N-dealkylation sites (N-methyl/N-ethyl adjacent to an activating group) is 1. The summed E-state index contributed by atoms with van der Waals surface area (Å²) in [5, 5.41) is 12.7. The van der Waals surface area contributed by atoms with Crippen LogP contribution >= 0.6 is 0 Å². The van der Waals surface area contributed by atoms with Crippen molar-refractivity contribution < 1.29 is 18.9 Å². The number of nitrogens with one attached hydrogen (secondary N) is 1. The number of methoxy groups -OCH3 is 4. The summed E-state index contributed by atoms with van der Waals surface area (Å²) in [5.41, 5.74) is 3.04. The van der Waals surface area contributed by atoms with Crippen LogP contribution in [0.25, 0.3) is 0 Å². The van der Waals surface area contributed by atoms with E-state index in [1.54, 1.807) is 34.5 Å². The van der Waals surface area contributed by atoms with Gasteiger partial charge in [-0.3, -0.25) is 0 Å². The number of ether oxygens (including phenoxy) is 4. The van der Waals surface area contributed by atoms with Gasteiger partial charge < -0.3 is 29.2 Å². The Bertz CT molecular complexity index is 792. The molecule has 7 nitrogen and oxygen atoms in total. The maximum atomic E-state index is 9.39. The molecule has 2 rings (SSSR count). The largest absolute Gasteiger partial charge is 0.493 e. The lowest BCUT2D eigenvalue weighted by Gasteiger charge is -2.21. The molecule has 144 valence electrons. The van der Waals surface area contributed by atoms with Gasteiger partial charge in [0.05, 0.1) is 39.2 Å². The first kappa shape index (κ1) is 20.2. The molecule has 0 aliphatic heterocycles. The summed E-state index contributed by atoms with van der Waals surface area (Å²) < 4.78 is 21.3. The Hall–Kier alpha value is -3.11. The highest BCUT2D eigenvalue weighted by Crippen LogP contribution is 2.40. The molecule has 0 heterocycles. The molecule has 0 amide bonds. The van der Waals surface area contributed by atoms with Crippen LogP contribution in [0.5, 0.6) is 17.2 Å². The van der Waals surface area contributed by atoms with Crippen molar-refractivity contribution in [2.45, 2.75) is 0 Å². The Morgan fingerprint density at radius 3 is 2.15 bits per heavy atom. The number of hydrogen-bond acceptors (Lipinski definition) is 7. The van der Waals surface area contributed by atoms with Crippen LogP contribution < -0.4 is 24.4 Å². The number of anilines is 3. The van der Waals surface area contributed by atoms with Crippen LogP contribution in [0.2, 0.25) is 0 Å². The molecule has 0 aromatic heterocycles. The van der Waals surface area contributed by atoms with Gasteiger partial charge >= 0.3 is 0 Å². The van der Waals surface area contributed by atoms with Crippen molar-refractivity contribution in [1.82, 2.24) is 0 Å². The summed E-state index contributed by atoms with van der Waals surface area (Å²) in [6.45, 7) is 1.25. The summed E-state index contributed by atoms with van der Waals surface area (Å²) in [6.07, 6.45) is 0. The molecular weight excluding hydrogens is 346 g/mol. The first-order valence-corrected chi connectivity index (χ1v) is 8.39. The van der Waals surface area contributed by atoms with Crippen molar-refractivity contribution in [2.75, 3.05) is 58.9 Å². The number of benzene rings is 2. The zero-order chi connectivity index (χ0) is 19.8. The molecule has 2 aromatic carbocycles. The Balaban J connectivity index is 2.36. The van der Waals surface area contributed by atoms with Crippen molar-refractivity contribution in [3.63, 3.8) is 0 Å². The van der Waals surface area contributed by atoms with Crippen molar-refractivity contribution in [3.05, 3.63) is 35.9 Å². The first-order chi connectivity index (χ1) is 13.1. The zero-order valence-corrected chi connectivity index (χ0v) is 16.3. The van der Waals surface area contributed by atoms with E-state index in [0.717, 1.165) is 17.1 Å². The molecule has 0 aliphatic rings. The van der Waals surface area contributed by atoms with E-state index in [9.17, 15) is 5.26 Å². The van der Waals surface area contributed by atoms with Crippen molar-refractivity contribution in [3.8, 4) is 23.3 Å². The summed E-state index contributed by atoms with van der Waals surface area (Å²) in [6, 6.07) is 11.5. The monoisotopic (exact) mass is 371 g/mol. The molecule has 0 spiro atoms. The second kappa shape index (κ2) is 9.55. The average Bonchev–Trinajstić information content (AvgIpc) is 2.70. The minimum Gasteiger partial charge on any atom is -0.493 e. The number of nitriles is 1. The highest BCUT2D eigenvalue weighted by atomic mass is 16.5. The van der Waals surface area contributed by atoms with Gasteiger partial charge in [-0.1, -0.05) is 0 Å². The normalized spacial score (nSPS) is 10.1. The van der Waals surface area contributed by atoms with Gasteiger partial charge in [0, 0.05) is 44.2 Å². The highest BCUT2D eigenvalue weighted by Gasteiger charge is 2.14. The molecule has 0 bridgehead atoms. The van der Waals surface area contributed by atoms with E-state index in [1.165, 1.54) is 0 Å². The van der Waals surface area contributed by atoms with Gasteiger partial charge in [0.25, 0.3) is 0 Å². The SMILES string of the molecule is COCCN(C)c1cc(Nc2cc(OC)c(OC)c(OC)c2)ccc1C#N. The fourth-order valence-corrected chi connectivity index (χ4v) is 2.69. The third-order valence-electron chi connectivity index (χ3n) is 4.11. The topological polar surface area (TPSA) is 76.0 Å². The van der Waals surface area contributed by atoms with Gasteiger partial charge in [-0.2, -0.15) is 5.26 Å². The third kappa shape index (κ3) is 4.74. The lowest BCUT2D eigenvalue weighted by atomic mass is 10.1. The van der Waals surface area contributed by atoms with E-state index < -0.39 is 0 Å². The van der Waals surface area contributed by atoms with Crippen LogP contribution in [-0.4, -0.2) is 48.6 Å². The maximum Gasteiger partial charge on any atom is 0.203 e. The third-order valence-corrected chi connectivity index (χ3v) is 4.11. The standard InChI is InChI=1S/C20H25N3O4/c1-23(8-9-24-2)17-10-15(7-6-14(17)13-21)22-16-11-18(25-3)20(27-5)19(12-16)26-4/h6-7,10-12,22H,8-9H2,1-5H3. The van der Waals surface area contributed by atoms with E-state index in [2.05, 4.69) is 11.4 Å². The second-order valence-corrected chi connectivity index (χ2v) is 5.80. The van der Waals surface area contributed by atoms with Gasteiger partial charge in [-0.15, -0.1) is 0 Å². The predicted molar refractivity (Wildman–Crippen MR) is 106 cm³/mol. The van der Waals surface area contributed by atoms with Crippen LogP contribution in [-0.2, 0) is 4.74 Å². The van der Waals surface area contributed by atoms with E-state index in [0.29, 0.717) is 36.0 Å². The lowest BCUT2D eigenvalue weighted by Crippen LogP contribution is -2.23. The Morgan fingerprint density at radius 2 is 1.63 bits per heavy atom. The highest BCUT2D eigenvalue weighted by molar-refractivity contribution is 5.72. The molecule has 1 N–H and O–H groups in total. The quantitative estimate of drug-likeness (QED) is 0.724. The number of rotatable bonds is 9. The van der Waals surface area contributed by atoms with Gasteiger partial charge in [0.2, 0.25) is 5.75 Å². The summed E-state index contributed by atoms with van der Waals surface area (Å²) in [4.78, 5) is 1.99. The fraction of sp³-hybridized carbons (Fsp3) is 0.350. The molecule has 0 saturated carbocycles. The van der Waals surface area contributed by atoms with Gasteiger partial charge in [-0.25, -0.2) is 0 Å². The van der Waals surface area contributed by atoms with Crippen LogP contribution in [0.4, 0.5) is 17.1 Å². The summed E-state index contributed by atoms with van der Waals surface area (Å²) >= 11 is 0. The van der Waals surface area contributed by atoms with E-state index >= 15 is 0 Å². The average molecular weight is 371 g/mol. The molecule has 0 unspecified atom stereocenters. The lowest BCUT2D eigenvalue weighted by molar-refractivity contribution is 0.206. The Kier molecular flexibility index (Phi) is 7.15. The van der Waals surface area contributed by atoms with Crippen LogP contribution in [0.15, 0.2) is 30.3 Å². The van der Waals surface area contributed by atoms with Crippen LogP contribution in [0, 0.1) is 11.3 Å². The fourth-order valence-electron chi connectivity index (χ4n) is 2.69. The van der Waals surface area contributed by atoms with Crippen LogP contribution in [0.3, 0.4) is 0 Å². The van der Waals surface area contributed by atoms with Gasteiger partial charge in [-0.05, 0) is 18.2 Å². The van der Waals surface area contributed by atoms with Crippen molar-refractivity contribution in [1.29, 1.82) is 5.26 Å². The molecule has 2 aromatic rings. The molecule has 0 saturated heterocycles. The second-order valence-electron chi connectivity index (χ2n) is 5.80. The molecule has 0 aliphatic carbocycles. The van der Waals surface area contributed by atoms with Crippen molar-refractivity contribution in [2.24, 2.45) is 0 Å². The van der Waals surface area contributed by atoms with E-state index in [1.807, 2.05) is 36.2 Å². The smallest absolute Gasteiger partial charge is 0.203 e. The molecule has 27 heavy (non-hydrogen) atoms. The van der Waals surface area contributed by atoms with Gasteiger partial charge in [0.15, 0.2) is 11.5 Å². The molecule has 0 radical (unpaired) electrons. The minimum atomic E-state index is 0.533. The maximum absolute atomic E-state index is 9.39. The van der Waals surface area contributed by atoms with Crippen molar-refractivity contribution >= 4 is 17.1 Å².